The van der Waals surface area contributed by atoms with E-state index in [1.165, 1.54) is 16.6 Å². The molecule has 100 valence electrons. The van der Waals surface area contributed by atoms with Crippen molar-refractivity contribution >= 4 is 51.7 Å². The summed E-state index contributed by atoms with van der Waals surface area (Å²) in [5, 5.41) is 2.00. The fraction of sp³-hybridized carbons (Fsp3) is 0. The van der Waals surface area contributed by atoms with E-state index >= 15 is 0 Å². The van der Waals surface area contributed by atoms with Gasteiger partial charge in [0.05, 0.1) is 16.9 Å². The number of carbonyl (C=O) groups is 2. The highest BCUT2D eigenvalue weighted by atomic mass is 35.5. The van der Waals surface area contributed by atoms with Gasteiger partial charge in [-0.15, -0.1) is 0 Å². The number of hydrogen-bond acceptors (Lipinski definition) is 4. The van der Waals surface area contributed by atoms with E-state index in [4.69, 9.17) is 23.4 Å². The smallest absolute Gasteiger partial charge is 0.270 e. The average molecular weight is 308 g/mol. The Hall–Kier alpha value is -2.11. The highest BCUT2D eigenvalue weighted by Gasteiger charge is 2.25. The van der Waals surface area contributed by atoms with E-state index in [9.17, 15) is 9.59 Å². The molecule has 1 amide bonds. The Morgan fingerprint density at radius 2 is 1.95 bits per heavy atom. The van der Waals surface area contributed by atoms with Crippen LogP contribution in [0.4, 0.5) is 17.2 Å². The number of fused-ring (bicyclic) bond motifs is 2. The molecular weight excluding hydrogens is 301 g/mol. The van der Waals surface area contributed by atoms with Crippen LogP contribution in [0.2, 0.25) is 0 Å². The van der Waals surface area contributed by atoms with E-state index in [2.05, 4.69) is 10.3 Å². The monoisotopic (exact) mass is 307 g/mol. The quantitative estimate of drug-likeness (QED) is 0.648. The number of amides is 1. The number of nitrogens with one attached hydrogen (secondary N) is 1. The number of hydrogen-bond donors (Lipinski definition) is 1. The number of halogens is 2. The van der Waals surface area contributed by atoms with Crippen LogP contribution >= 0.6 is 23.4 Å². The zero-order valence-corrected chi connectivity index (χ0v) is 11.4. The highest BCUT2D eigenvalue weighted by Crippen LogP contribution is 2.37. The predicted octanol–water partition coefficient (Wildman–Crippen LogP) is 3.32. The van der Waals surface area contributed by atoms with Crippen molar-refractivity contribution in [2.45, 2.75) is 0 Å². The highest BCUT2D eigenvalue weighted by molar-refractivity contribution is 6.67. The number of aromatic nitrogens is 1. The molecule has 1 aliphatic heterocycles. The average Bonchev–Trinajstić information content (AvgIpc) is 2.56. The first-order valence-corrected chi connectivity index (χ1v) is 6.36. The van der Waals surface area contributed by atoms with Crippen molar-refractivity contribution in [3.63, 3.8) is 0 Å². The molecule has 0 unspecified atom stereocenters. The molecule has 1 aromatic heterocycles. The molecule has 2 aromatic rings. The van der Waals surface area contributed by atoms with Crippen molar-refractivity contribution in [1.82, 2.24) is 4.98 Å². The summed E-state index contributed by atoms with van der Waals surface area (Å²) in [4.78, 5) is 27.4. The number of carbonyl (C=O) groups excluding carboxylic acids is 2. The van der Waals surface area contributed by atoms with Gasteiger partial charge in [0.25, 0.3) is 11.1 Å². The van der Waals surface area contributed by atoms with Gasteiger partial charge in [0.1, 0.15) is 5.69 Å². The van der Waals surface area contributed by atoms with Crippen LogP contribution in [0.1, 0.15) is 20.8 Å². The summed E-state index contributed by atoms with van der Waals surface area (Å²) in [5.41, 5.74) is 1.36. The molecule has 20 heavy (non-hydrogen) atoms. The van der Waals surface area contributed by atoms with E-state index in [-0.39, 0.29) is 17.4 Å². The van der Waals surface area contributed by atoms with Gasteiger partial charge in [-0.05, 0) is 35.9 Å². The van der Waals surface area contributed by atoms with Crippen LogP contribution in [-0.2, 0) is 0 Å². The topological polar surface area (TPSA) is 62.3 Å². The maximum Gasteiger partial charge on any atom is 0.270 e. The Labute approximate surface area is 124 Å². The molecule has 0 spiro atoms. The van der Waals surface area contributed by atoms with Crippen LogP contribution < -0.4 is 9.74 Å². The zero-order valence-electron chi connectivity index (χ0n) is 9.93. The minimum absolute atomic E-state index is 0.0599. The first-order valence-electron chi connectivity index (χ1n) is 5.65. The van der Waals surface area contributed by atoms with E-state index in [1.807, 2.05) is 0 Å². The second-order valence-corrected chi connectivity index (χ2v) is 4.77. The van der Waals surface area contributed by atoms with Crippen molar-refractivity contribution < 1.29 is 9.59 Å². The number of pyridine rings is 1. The lowest BCUT2D eigenvalue weighted by molar-refractivity contribution is 0.102. The van der Waals surface area contributed by atoms with Crippen LogP contribution in [0.3, 0.4) is 0 Å². The van der Waals surface area contributed by atoms with E-state index in [0.29, 0.717) is 16.9 Å². The Kier molecular flexibility index (Phi) is 3.08. The second-order valence-electron chi connectivity index (χ2n) is 4.09. The van der Waals surface area contributed by atoms with Crippen molar-refractivity contribution in [3.8, 4) is 0 Å². The Morgan fingerprint density at radius 3 is 2.70 bits per heavy atom. The SMILES string of the molecule is O=C(Cl)c1ccc2c(n1)N(Cl)c1ccccc1C(=O)N2. The first kappa shape index (κ1) is 12.9. The fourth-order valence-electron chi connectivity index (χ4n) is 1.95. The molecule has 0 atom stereocenters. The minimum Gasteiger partial charge on any atom is -0.319 e. The first-order chi connectivity index (χ1) is 9.58. The molecule has 1 N–H and O–H groups in total. The van der Waals surface area contributed by atoms with E-state index < -0.39 is 5.24 Å². The summed E-state index contributed by atoms with van der Waals surface area (Å²) >= 11 is 11.7. The van der Waals surface area contributed by atoms with Crippen molar-refractivity contribution in [1.29, 1.82) is 0 Å². The third-order valence-electron chi connectivity index (χ3n) is 2.87. The van der Waals surface area contributed by atoms with Crippen molar-refractivity contribution in [2.24, 2.45) is 0 Å². The molecule has 0 saturated heterocycles. The summed E-state index contributed by atoms with van der Waals surface area (Å²) in [6.07, 6.45) is 0. The van der Waals surface area contributed by atoms with Crippen LogP contribution in [0.25, 0.3) is 0 Å². The number of rotatable bonds is 1. The number of benzene rings is 1. The maximum absolute atomic E-state index is 12.1. The minimum atomic E-state index is -0.693. The molecule has 0 aliphatic carbocycles. The van der Waals surface area contributed by atoms with Crippen molar-refractivity contribution in [2.75, 3.05) is 9.74 Å². The lowest BCUT2D eigenvalue weighted by Crippen LogP contribution is -2.10. The number of anilines is 3. The Balaban J connectivity index is 2.22. The van der Waals surface area contributed by atoms with Crippen LogP contribution in [0.5, 0.6) is 0 Å². The molecule has 0 fully saturated rings. The van der Waals surface area contributed by atoms with Gasteiger partial charge >= 0.3 is 0 Å². The van der Waals surface area contributed by atoms with E-state index in [0.717, 1.165) is 0 Å². The number of para-hydroxylation sites is 1. The Bertz CT molecular complexity index is 733. The second kappa shape index (κ2) is 4.77. The number of nitrogens with zero attached hydrogens (tertiary/aromatic N) is 2. The van der Waals surface area contributed by atoms with Gasteiger partial charge in [-0.25, -0.2) is 9.40 Å². The van der Waals surface area contributed by atoms with Crippen molar-refractivity contribution in [3.05, 3.63) is 47.7 Å². The standard InChI is InChI=1S/C13H7Cl2N3O2/c14-11(19)8-5-6-9-12(16-8)18(15)10-4-2-1-3-7(10)13(20)17-9/h1-6H,(H,17,20). The predicted molar refractivity (Wildman–Crippen MR) is 76.8 cm³/mol. The fourth-order valence-corrected chi connectivity index (χ4v) is 2.33. The summed E-state index contributed by atoms with van der Waals surface area (Å²) in [6.45, 7) is 0. The molecular formula is C13H7Cl2N3O2. The van der Waals surface area contributed by atoms with E-state index in [1.54, 1.807) is 24.3 Å². The molecule has 1 aliphatic rings. The molecule has 7 heteroatoms. The molecule has 1 aromatic carbocycles. The summed E-state index contributed by atoms with van der Waals surface area (Å²) < 4.78 is 1.23. The molecule has 0 radical (unpaired) electrons. The van der Waals surface area contributed by atoms with Crippen LogP contribution in [0, 0.1) is 0 Å². The third-order valence-corrected chi connectivity index (χ3v) is 3.41. The van der Waals surface area contributed by atoms with Gasteiger partial charge in [0.2, 0.25) is 0 Å². The van der Waals surface area contributed by atoms with Gasteiger partial charge in [0, 0.05) is 11.8 Å². The lowest BCUT2D eigenvalue weighted by atomic mass is 10.1. The summed E-state index contributed by atoms with van der Waals surface area (Å²) in [7, 11) is 0. The van der Waals surface area contributed by atoms with Gasteiger partial charge in [-0.1, -0.05) is 12.1 Å². The molecule has 5 nitrogen and oxygen atoms in total. The van der Waals surface area contributed by atoms with Gasteiger partial charge in [-0.3, -0.25) is 9.59 Å². The summed E-state index contributed by atoms with van der Waals surface area (Å²) in [5.74, 6) is -0.0479. The van der Waals surface area contributed by atoms with Gasteiger partial charge in [0.15, 0.2) is 5.82 Å². The summed E-state index contributed by atoms with van der Waals surface area (Å²) in [6, 6.07) is 9.79. The molecule has 2 heterocycles. The Morgan fingerprint density at radius 1 is 1.20 bits per heavy atom. The largest absolute Gasteiger partial charge is 0.319 e. The van der Waals surface area contributed by atoms with Crippen LogP contribution in [0.15, 0.2) is 36.4 Å². The maximum atomic E-state index is 12.1. The third kappa shape index (κ3) is 2.01. The zero-order chi connectivity index (χ0) is 14.3. The van der Waals surface area contributed by atoms with Crippen LogP contribution in [-0.4, -0.2) is 16.1 Å². The van der Waals surface area contributed by atoms with Gasteiger partial charge < -0.3 is 5.32 Å². The lowest BCUT2D eigenvalue weighted by Gasteiger charge is -2.16. The molecule has 3 rings (SSSR count). The van der Waals surface area contributed by atoms with Gasteiger partial charge in [-0.2, -0.15) is 0 Å². The normalized spacial score (nSPS) is 13.1. The molecule has 0 bridgehead atoms. The molecule has 0 saturated carbocycles.